The number of carboxylic acids is 1. The fraction of sp³-hybridized carbons (Fsp3) is 0.643. The second-order valence-corrected chi connectivity index (χ2v) is 5.38. The Labute approximate surface area is 118 Å². The summed E-state index contributed by atoms with van der Waals surface area (Å²) >= 11 is 0. The van der Waals surface area contributed by atoms with Crippen LogP contribution in [-0.4, -0.2) is 44.3 Å². The lowest BCUT2D eigenvalue weighted by atomic mass is 9.93. The molecule has 1 aromatic heterocycles. The van der Waals surface area contributed by atoms with Crippen LogP contribution in [-0.2, 0) is 16.1 Å². The number of aromatic nitrogens is 2. The second kappa shape index (κ2) is 6.54. The van der Waals surface area contributed by atoms with Crippen molar-refractivity contribution in [3.05, 3.63) is 18.5 Å². The average molecular weight is 279 g/mol. The summed E-state index contributed by atoms with van der Waals surface area (Å²) in [4.78, 5) is 25.0. The molecule has 2 rings (SSSR count). The summed E-state index contributed by atoms with van der Waals surface area (Å²) in [6.45, 7) is 3.05. The standard InChI is InChI=1S/C14H21N3O3/c1-11-5-6-12(14(19)20)10-17(11)13(18)4-2-8-16-9-3-7-15-16/h3,7,9,11-12H,2,4-6,8,10H2,1H3,(H,19,20). The first-order valence-corrected chi connectivity index (χ1v) is 7.07. The lowest BCUT2D eigenvalue weighted by Gasteiger charge is -2.36. The van der Waals surface area contributed by atoms with Crippen LogP contribution in [0.2, 0.25) is 0 Å². The largest absolute Gasteiger partial charge is 0.481 e. The van der Waals surface area contributed by atoms with Crippen molar-refractivity contribution in [1.29, 1.82) is 0 Å². The van der Waals surface area contributed by atoms with Gasteiger partial charge in [-0.1, -0.05) is 0 Å². The van der Waals surface area contributed by atoms with E-state index in [0.29, 0.717) is 25.9 Å². The maximum absolute atomic E-state index is 12.2. The van der Waals surface area contributed by atoms with E-state index < -0.39 is 11.9 Å². The zero-order chi connectivity index (χ0) is 14.5. The third-order valence-electron chi connectivity index (χ3n) is 3.89. The molecule has 2 atom stereocenters. The molecule has 6 nitrogen and oxygen atoms in total. The van der Waals surface area contributed by atoms with Crippen molar-refractivity contribution in [2.75, 3.05) is 6.54 Å². The van der Waals surface area contributed by atoms with Gasteiger partial charge in [0.15, 0.2) is 0 Å². The van der Waals surface area contributed by atoms with Gasteiger partial charge in [-0.05, 0) is 32.3 Å². The Kier molecular flexibility index (Phi) is 4.76. The number of amides is 1. The van der Waals surface area contributed by atoms with Gasteiger partial charge >= 0.3 is 5.97 Å². The molecule has 1 aromatic rings. The number of nitrogens with zero attached hydrogens (tertiary/aromatic N) is 3. The molecule has 2 heterocycles. The van der Waals surface area contributed by atoms with Crippen LogP contribution < -0.4 is 0 Å². The van der Waals surface area contributed by atoms with E-state index >= 15 is 0 Å². The van der Waals surface area contributed by atoms with E-state index in [-0.39, 0.29) is 11.9 Å². The Bertz CT molecular complexity index is 458. The molecule has 110 valence electrons. The minimum atomic E-state index is -0.800. The fourth-order valence-electron chi connectivity index (χ4n) is 2.62. The van der Waals surface area contributed by atoms with E-state index in [1.54, 1.807) is 15.8 Å². The molecule has 1 aliphatic heterocycles. The maximum atomic E-state index is 12.2. The summed E-state index contributed by atoms with van der Waals surface area (Å²) in [5.41, 5.74) is 0. The zero-order valence-corrected chi connectivity index (χ0v) is 11.7. The second-order valence-electron chi connectivity index (χ2n) is 5.38. The van der Waals surface area contributed by atoms with Gasteiger partial charge in [-0.3, -0.25) is 14.3 Å². The molecule has 6 heteroatoms. The average Bonchev–Trinajstić information content (AvgIpc) is 2.92. The lowest BCUT2D eigenvalue weighted by molar-refractivity contribution is -0.147. The van der Waals surface area contributed by atoms with Gasteiger partial charge in [-0.2, -0.15) is 5.10 Å². The summed E-state index contributed by atoms with van der Waals surface area (Å²) in [5.74, 6) is -1.16. The van der Waals surface area contributed by atoms with Crippen LogP contribution in [0.15, 0.2) is 18.5 Å². The van der Waals surface area contributed by atoms with Crippen LogP contribution in [0.5, 0.6) is 0 Å². The molecule has 1 fully saturated rings. The number of hydrogen-bond acceptors (Lipinski definition) is 3. The normalized spacial score (nSPS) is 22.8. The number of carboxylic acid groups (broad SMARTS) is 1. The fourth-order valence-corrected chi connectivity index (χ4v) is 2.62. The number of aliphatic carboxylic acids is 1. The van der Waals surface area contributed by atoms with Crippen LogP contribution >= 0.6 is 0 Å². The first-order valence-electron chi connectivity index (χ1n) is 7.07. The van der Waals surface area contributed by atoms with Crippen molar-refractivity contribution >= 4 is 11.9 Å². The summed E-state index contributed by atoms with van der Waals surface area (Å²) in [7, 11) is 0. The molecular weight excluding hydrogens is 258 g/mol. The molecule has 2 unspecified atom stereocenters. The summed E-state index contributed by atoms with van der Waals surface area (Å²) in [6.07, 6.45) is 6.17. The van der Waals surface area contributed by atoms with Crippen LogP contribution in [0.1, 0.15) is 32.6 Å². The Balaban J connectivity index is 1.82. The highest BCUT2D eigenvalue weighted by Crippen LogP contribution is 2.23. The Morgan fingerprint density at radius 3 is 2.85 bits per heavy atom. The molecule has 1 N–H and O–H groups in total. The van der Waals surface area contributed by atoms with Crippen molar-refractivity contribution in [2.45, 2.75) is 45.2 Å². The first-order chi connectivity index (χ1) is 9.58. The Morgan fingerprint density at radius 1 is 1.40 bits per heavy atom. The number of carbonyl (C=O) groups is 2. The zero-order valence-electron chi connectivity index (χ0n) is 11.7. The monoisotopic (exact) mass is 279 g/mol. The van der Waals surface area contributed by atoms with Gasteiger partial charge in [-0.25, -0.2) is 0 Å². The van der Waals surface area contributed by atoms with E-state index in [2.05, 4.69) is 5.10 Å². The van der Waals surface area contributed by atoms with Crippen molar-refractivity contribution in [2.24, 2.45) is 5.92 Å². The first kappa shape index (κ1) is 14.6. The highest BCUT2D eigenvalue weighted by Gasteiger charge is 2.32. The predicted octanol–water partition coefficient (Wildman–Crippen LogP) is 1.37. The van der Waals surface area contributed by atoms with E-state index in [1.807, 2.05) is 19.2 Å². The number of rotatable bonds is 5. The Morgan fingerprint density at radius 2 is 2.20 bits per heavy atom. The van der Waals surface area contributed by atoms with Gasteiger partial charge in [0.2, 0.25) is 5.91 Å². The van der Waals surface area contributed by atoms with E-state index in [4.69, 9.17) is 5.11 Å². The number of piperidine rings is 1. The predicted molar refractivity (Wildman–Crippen MR) is 73.0 cm³/mol. The quantitative estimate of drug-likeness (QED) is 0.883. The molecule has 0 spiro atoms. The van der Waals surface area contributed by atoms with E-state index in [9.17, 15) is 9.59 Å². The Hall–Kier alpha value is -1.85. The van der Waals surface area contributed by atoms with Gasteiger partial charge < -0.3 is 10.0 Å². The van der Waals surface area contributed by atoms with E-state index in [1.165, 1.54) is 0 Å². The summed E-state index contributed by atoms with van der Waals surface area (Å²) < 4.78 is 1.80. The number of hydrogen-bond donors (Lipinski definition) is 1. The minimum absolute atomic E-state index is 0.0515. The topological polar surface area (TPSA) is 75.4 Å². The molecule has 1 saturated heterocycles. The third kappa shape index (κ3) is 3.59. The molecule has 0 aromatic carbocycles. The molecule has 20 heavy (non-hydrogen) atoms. The van der Waals surface area contributed by atoms with Crippen LogP contribution in [0.4, 0.5) is 0 Å². The van der Waals surface area contributed by atoms with Gasteiger partial charge in [-0.15, -0.1) is 0 Å². The molecular formula is C14H21N3O3. The van der Waals surface area contributed by atoms with Gasteiger partial charge in [0.1, 0.15) is 0 Å². The van der Waals surface area contributed by atoms with Crippen molar-refractivity contribution < 1.29 is 14.7 Å². The number of aryl methyl sites for hydroxylation is 1. The molecule has 1 aliphatic rings. The highest BCUT2D eigenvalue weighted by molar-refractivity contribution is 5.78. The van der Waals surface area contributed by atoms with Gasteiger partial charge in [0, 0.05) is 37.9 Å². The van der Waals surface area contributed by atoms with Crippen LogP contribution in [0, 0.1) is 5.92 Å². The molecule has 0 aliphatic carbocycles. The molecule has 0 saturated carbocycles. The van der Waals surface area contributed by atoms with Crippen molar-refractivity contribution in [3.63, 3.8) is 0 Å². The van der Waals surface area contributed by atoms with Crippen molar-refractivity contribution in [1.82, 2.24) is 14.7 Å². The molecule has 0 bridgehead atoms. The van der Waals surface area contributed by atoms with Crippen LogP contribution in [0.3, 0.4) is 0 Å². The SMILES string of the molecule is CC1CCC(C(=O)O)CN1C(=O)CCCn1cccn1. The summed E-state index contributed by atoms with van der Waals surface area (Å²) in [5, 5.41) is 13.2. The minimum Gasteiger partial charge on any atom is -0.481 e. The summed E-state index contributed by atoms with van der Waals surface area (Å²) in [6, 6.07) is 1.99. The van der Waals surface area contributed by atoms with Gasteiger partial charge in [0.25, 0.3) is 0 Å². The third-order valence-corrected chi connectivity index (χ3v) is 3.89. The molecule has 1 amide bonds. The van der Waals surface area contributed by atoms with Gasteiger partial charge in [0.05, 0.1) is 5.92 Å². The van der Waals surface area contributed by atoms with E-state index in [0.717, 1.165) is 12.8 Å². The molecule has 0 radical (unpaired) electrons. The smallest absolute Gasteiger partial charge is 0.308 e. The lowest BCUT2D eigenvalue weighted by Crippen LogP contribution is -2.47. The number of likely N-dealkylation sites (tertiary alicyclic amines) is 1. The van der Waals surface area contributed by atoms with Crippen LogP contribution in [0.25, 0.3) is 0 Å². The maximum Gasteiger partial charge on any atom is 0.308 e. The number of carbonyl (C=O) groups excluding carboxylic acids is 1. The van der Waals surface area contributed by atoms with Crippen molar-refractivity contribution in [3.8, 4) is 0 Å². The highest BCUT2D eigenvalue weighted by atomic mass is 16.4.